The van der Waals surface area contributed by atoms with Crippen LogP contribution in [0.1, 0.15) is 12.8 Å². The lowest BCUT2D eigenvalue weighted by Crippen LogP contribution is -2.41. The molecule has 0 aliphatic carbocycles. The zero-order chi connectivity index (χ0) is 15.9. The minimum absolute atomic E-state index is 0.466. The highest BCUT2D eigenvalue weighted by Crippen LogP contribution is 2.19. The fraction of sp³-hybridized carbons (Fsp3) is 0.500. The lowest BCUT2D eigenvalue weighted by Gasteiger charge is -2.28. The maximum atomic E-state index is 11.9. The highest BCUT2D eigenvalue weighted by atomic mass is 32.2. The van der Waals surface area contributed by atoms with Gasteiger partial charge in [0.25, 0.3) is 0 Å². The highest BCUT2D eigenvalue weighted by molar-refractivity contribution is 7.98. The number of likely N-dealkylation sites (tertiary alicyclic amines) is 1. The number of hydrogen-bond donors (Lipinski definition) is 2. The van der Waals surface area contributed by atoms with Crippen LogP contribution in [-0.2, 0) is 9.59 Å². The molecule has 0 saturated carbocycles. The van der Waals surface area contributed by atoms with E-state index < -0.39 is 11.8 Å². The molecule has 0 atom stereocenters. The Bertz CT molecular complexity index is 528. The summed E-state index contributed by atoms with van der Waals surface area (Å²) in [5.41, 5.74) is 0.645. The number of carbonyl (C=O) groups is 2. The fourth-order valence-electron chi connectivity index (χ4n) is 2.47. The Morgan fingerprint density at radius 1 is 1.27 bits per heavy atom. The summed E-state index contributed by atoms with van der Waals surface area (Å²) in [6.07, 6.45) is 4.09. The number of thioether (sulfide) groups is 1. The van der Waals surface area contributed by atoms with Crippen molar-refractivity contribution in [3.63, 3.8) is 0 Å². The van der Waals surface area contributed by atoms with Crippen molar-refractivity contribution in [1.82, 2.24) is 10.2 Å². The Hall–Kier alpha value is -1.53. The molecule has 1 aliphatic rings. The molecule has 0 unspecified atom stereocenters. The minimum atomic E-state index is -0.605. The fourth-order valence-corrected chi connectivity index (χ4v) is 2.93. The largest absolute Gasteiger partial charge is 0.348 e. The van der Waals surface area contributed by atoms with E-state index in [1.807, 2.05) is 24.5 Å². The summed E-state index contributed by atoms with van der Waals surface area (Å²) in [5.74, 6) is -0.701. The van der Waals surface area contributed by atoms with Crippen molar-refractivity contribution in [2.45, 2.75) is 17.7 Å². The number of rotatable bonds is 4. The predicted octanol–water partition coefficient (Wildman–Crippen LogP) is 1.80. The SMILES string of the molecule is CSc1cccc(NC(=O)C(=O)NCC2CCN(C)CC2)c1. The molecular weight excluding hydrogens is 298 g/mol. The molecular formula is C16H23N3O2S. The summed E-state index contributed by atoms with van der Waals surface area (Å²) < 4.78 is 0. The van der Waals surface area contributed by atoms with Gasteiger partial charge in [-0.05, 0) is 63.4 Å². The molecule has 0 aromatic heterocycles. The number of amides is 2. The van der Waals surface area contributed by atoms with E-state index in [2.05, 4.69) is 22.6 Å². The topological polar surface area (TPSA) is 61.4 Å². The Kier molecular flexibility index (Phi) is 6.27. The van der Waals surface area contributed by atoms with E-state index in [-0.39, 0.29) is 0 Å². The number of nitrogens with zero attached hydrogens (tertiary/aromatic N) is 1. The van der Waals surface area contributed by atoms with Crippen molar-refractivity contribution < 1.29 is 9.59 Å². The van der Waals surface area contributed by atoms with Crippen molar-refractivity contribution in [2.24, 2.45) is 5.92 Å². The zero-order valence-corrected chi connectivity index (χ0v) is 13.9. The van der Waals surface area contributed by atoms with Gasteiger partial charge in [0.2, 0.25) is 0 Å². The molecule has 0 bridgehead atoms. The van der Waals surface area contributed by atoms with E-state index in [9.17, 15) is 9.59 Å². The second kappa shape index (κ2) is 8.19. The van der Waals surface area contributed by atoms with Crippen LogP contribution < -0.4 is 10.6 Å². The molecule has 1 aliphatic heterocycles. The first kappa shape index (κ1) is 16.8. The molecule has 2 amide bonds. The van der Waals surface area contributed by atoms with Crippen LogP contribution in [0.15, 0.2) is 29.2 Å². The smallest absolute Gasteiger partial charge is 0.313 e. The molecule has 1 aromatic rings. The van der Waals surface area contributed by atoms with Gasteiger partial charge < -0.3 is 15.5 Å². The van der Waals surface area contributed by atoms with E-state index >= 15 is 0 Å². The van der Waals surface area contributed by atoms with Crippen molar-refractivity contribution in [2.75, 3.05) is 38.3 Å². The Labute approximate surface area is 135 Å². The van der Waals surface area contributed by atoms with Gasteiger partial charge in [-0.2, -0.15) is 0 Å². The second-order valence-corrected chi connectivity index (χ2v) is 6.52. The summed E-state index contributed by atoms with van der Waals surface area (Å²) in [7, 11) is 2.10. The van der Waals surface area contributed by atoms with Gasteiger partial charge in [0.1, 0.15) is 0 Å². The molecule has 6 heteroatoms. The molecule has 120 valence electrons. The van der Waals surface area contributed by atoms with Gasteiger partial charge in [-0.25, -0.2) is 0 Å². The Morgan fingerprint density at radius 3 is 2.68 bits per heavy atom. The summed E-state index contributed by atoms with van der Waals surface area (Å²) in [6, 6.07) is 7.45. The molecule has 1 saturated heterocycles. The molecule has 0 spiro atoms. The quantitative estimate of drug-likeness (QED) is 0.656. The van der Waals surface area contributed by atoms with Crippen LogP contribution in [0.3, 0.4) is 0 Å². The van der Waals surface area contributed by atoms with Crippen LogP contribution in [-0.4, -0.2) is 49.7 Å². The Morgan fingerprint density at radius 2 is 2.00 bits per heavy atom. The third kappa shape index (κ3) is 5.03. The number of nitrogens with one attached hydrogen (secondary N) is 2. The van der Waals surface area contributed by atoms with Gasteiger partial charge in [-0.15, -0.1) is 11.8 Å². The average Bonchev–Trinajstić information content (AvgIpc) is 2.54. The van der Waals surface area contributed by atoms with Crippen molar-refractivity contribution in [3.8, 4) is 0 Å². The summed E-state index contributed by atoms with van der Waals surface area (Å²) in [5, 5.41) is 5.38. The molecule has 0 radical (unpaired) electrons. The zero-order valence-electron chi connectivity index (χ0n) is 13.1. The molecule has 1 heterocycles. The first-order valence-electron chi connectivity index (χ1n) is 7.50. The van der Waals surface area contributed by atoms with E-state index in [1.165, 1.54) is 0 Å². The van der Waals surface area contributed by atoms with Crippen LogP contribution in [0.2, 0.25) is 0 Å². The third-order valence-corrected chi connectivity index (χ3v) is 4.65. The first-order valence-corrected chi connectivity index (χ1v) is 8.72. The number of anilines is 1. The molecule has 1 aromatic carbocycles. The highest BCUT2D eigenvalue weighted by Gasteiger charge is 2.19. The number of piperidine rings is 1. The maximum Gasteiger partial charge on any atom is 0.313 e. The van der Waals surface area contributed by atoms with Crippen molar-refractivity contribution >= 4 is 29.3 Å². The first-order chi connectivity index (χ1) is 10.6. The average molecular weight is 321 g/mol. The van der Waals surface area contributed by atoms with E-state index in [4.69, 9.17) is 0 Å². The van der Waals surface area contributed by atoms with Gasteiger partial charge in [0.05, 0.1) is 0 Å². The van der Waals surface area contributed by atoms with Crippen LogP contribution in [0.5, 0.6) is 0 Å². The number of carbonyl (C=O) groups excluding carboxylic acids is 2. The van der Waals surface area contributed by atoms with Gasteiger partial charge in [-0.3, -0.25) is 9.59 Å². The third-order valence-electron chi connectivity index (χ3n) is 3.92. The van der Waals surface area contributed by atoms with Crippen molar-refractivity contribution in [1.29, 1.82) is 0 Å². The molecule has 22 heavy (non-hydrogen) atoms. The number of hydrogen-bond acceptors (Lipinski definition) is 4. The van der Waals surface area contributed by atoms with Gasteiger partial charge in [-0.1, -0.05) is 6.07 Å². The summed E-state index contributed by atoms with van der Waals surface area (Å²) in [6.45, 7) is 2.67. The normalized spacial score (nSPS) is 16.3. The molecule has 2 rings (SSSR count). The molecule has 1 fully saturated rings. The summed E-state index contributed by atoms with van der Waals surface area (Å²) >= 11 is 1.59. The predicted molar refractivity (Wildman–Crippen MR) is 90.1 cm³/mol. The van der Waals surface area contributed by atoms with Crippen LogP contribution in [0.4, 0.5) is 5.69 Å². The van der Waals surface area contributed by atoms with Crippen molar-refractivity contribution in [3.05, 3.63) is 24.3 Å². The van der Waals surface area contributed by atoms with E-state index in [1.54, 1.807) is 17.8 Å². The second-order valence-electron chi connectivity index (χ2n) is 5.64. The Balaban J connectivity index is 1.78. The van der Waals surface area contributed by atoms with Gasteiger partial charge >= 0.3 is 11.8 Å². The lowest BCUT2D eigenvalue weighted by molar-refractivity contribution is -0.136. The monoisotopic (exact) mass is 321 g/mol. The van der Waals surface area contributed by atoms with Crippen LogP contribution in [0, 0.1) is 5.92 Å². The summed E-state index contributed by atoms with van der Waals surface area (Å²) in [4.78, 5) is 27.1. The van der Waals surface area contributed by atoms with Gasteiger partial charge in [0.15, 0.2) is 0 Å². The maximum absolute atomic E-state index is 11.9. The standard InChI is InChI=1S/C16H23N3O2S/c1-19-8-6-12(7-9-19)11-17-15(20)16(21)18-13-4-3-5-14(10-13)22-2/h3-5,10,12H,6-9,11H2,1-2H3,(H,17,20)(H,18,21). The number of benzene rings is 1. The minimum Gasteiger partial charge on any atom is -0.348 e. The van der Waals surface area contributed by atoms with Gasteiger partial charge in [0, 0.05) is 17.1 Å². The van der Waals surface area contributed by atoms with Crippen LogP contribution >= 0.6 is 11.8 Å². The van der Waals surface area contributed by atoms with Crippen LogP contribution in [0.25, 0.3) is 0 Å². The molecule has 5 nitrogen and oxygen atoms in total. The molecule has 2 N–H and O–H groups in total. The van der Waals surface area contributed by atoms with E-state index in [0.29, 0.717) is 18.2 Å². The van der Waals surface area contributed by atoms with E-state index in [0.717, 1.165) is 30.8 Å². The lowest BCUT2D eigenvalue weighted by atomic mass is 9.97.